The van der Waals surface area contributed by atoms with Crippen LogP contribution in [0.15, 0.2) is 47.5 Å². The number of rotatable bonds is 5. The van der Waals surface area contributed by atoms with Gasteiger partial charge in [-0.2, -0.15) is 0 Å². The summed E-state index contributed by atoms with van der Waals surface area (Å²) < 4.78 is 5.29. The van der Waals surface area contributed by atoms with Crippen LogP contribution in [0, 0.1) is 6.92 Å². The topological polar surface area (TPSA) is 62.9 Å². The third kappa shape index (κ3) is 5.30. The van der Waals surface area contributed by atoms with Crippen LogP contribution in [0.4, 0.5) is 11.4 Å². The van der Waals surface area contributed by atoms with Gasteiger partial charge in [0.05, 0.1) is 19.3 Å². The molecule has 24 heavy (non-hydrogen) atoms. The summed E-state index contributed by atoms with van der Waals surface area (Å²) >= 11 is 0. The van der Waals surface area contributed by atoms with Crippen LogP contribution < -0.4 is 20.7 Å². The van der Waals surface area contributed by atoms with Gasteiger partial charge in [0.1, 0.15) is 5.75 Å². The van der Waals surface area contributed by atoms with E-state index in [1.54, 1.807) is 7.11 Å². The molecule has 0 saturated carbocycles. The lowest BCUT2D eigenvalue weighted by Gasteiger charge is -2.14. The second kappa shape index (κ2) is 9.36. The lowest BCUT2D eigenvalue weighted by molar-refractivity contribution is 0.417. The van der Waals surface area contributed by atoms with Crippen LogP contribution in [-0.4, -0.2) is 27.2 Å². The second-order valence-electron chi connectivity index (χ2n) is 5.53. The highest BCUT2D eigenvalue weighted by Gasteiger charge is 2.04. The van der Waals surface area contributed by atoms with Crippen LogP contribution in [0.25, 0.3) is 0 Å². The molecule has 0 fully saturated rings. The summed E-state index contributed by atoms with van der Waals surface area (Å²) in [5, 5.41) is 3.08. The van der Waals surface area contributed by atoms with Crippen LogP contribution >= 0.6 is 24.0 Å². The SMILES string of the molecule is COc1ccccc1NC(N)=NCc1ccc(N(C)C)cc1C.I. The molecule has 2 aromatic carbocycles. The van der Waals surface area contributed by atoms with Gasteiger partial charge >= 0.3 is 0 Å². The van der Waals surface area contributed by atoms with E-state index in [1.165, 1.54) is 11.3 Å². The van der Waals surface area contributed by atoms with E-state index in [4.69, 9.17) is 10.5 Å². The Bertz CT molecular complexity index is 701. The maximum atomic E-state index is 5.98. The molecule has 0 saturated heterocycles. The molecule has 0 bridgehead atoms. The predicted octanol–water partition coefficient (Wildman–Crippen LogP) is 3.61. The summed E-state index contributed by atoms with van der Waals surface area (Å²) in [7, 11) is 5.69. The number of hydrogen-bond donors (Lipinski definition) is 2. The van der Waals surface area contributed by atoms with E-state index in [0.717, 1.165) is 17.0 Å². The number of nitrogens with one attached hydrogen (secondary N) is 1. The van der Waals surface area contributed by atoms with Crippen LogP contribution in [-0.2, 0) is 6.54 Å². The van der Waals surface area contributed by atoms with Crippen LogP contribution in [0.2, 0.25) is 0 Å². The van der Waals surface area contributed by atoms with Gasteiger partial charge in [-0.3, -0.25) is 0 Å². The van der Waals surface area contributed by atoms with Gasteiger partial charge in [0.15, 0.2) is 5.96 Å². The van der Waals surface area contributed by atoms with Gasteiger partial charge < -0.3 is 20.7 Å². The summed E-state index contributed by atoms with van der Waals surface area (Å²) in [5.74, 6) is 1.10. The lowest BCUT2D eigenvalue weighted by Crippen LogP contribution is -2.23. The number of guanidine groups is 1. The fourth-order valence-electron chi connectivity index (χ4n) is 2.23. The van der Waals surface area contributed by atoms with Gasteiger partial charge in [-0.25, -0.2) is 4.99 Å². The van der Waals surface area contributed by atoms with Crippen molar-refractivity contribution in [2.24, 2.45) is 10.7 Å². The van der Waals surface area contributed by atoms with Gasteiger partial charge in [-0.15, -0.1) is 24.0 Å². The molecule has 0 heterocycles. The molecule has 0 aliphatic carbocycles. The second-order valence-corrected chi connectivity index (χ2v) is 5.53. The van der Waals surface area contributed by atoms with Crippen LogP contribution in [0.3, 0.4) is 0 Å². The Kier molecular flexibility index (Phi) is 7.84. The Morgan fingerprint density at radius 3 is 2.54 bits per heavy atom. The van der Waals surface area contributed by atoms with Crippen molar-refractivity contribution in [3.8, 4) is 5.75 Å². The molecule has 0 aliphatic rings. The molecule has 0 atom stereocenters. The number of halogens is 1. The number of nitrogens with zero attached hydrogens (tertiary/aromatic N) is 2. The summed E-state index contributed by atoms with van der Waals surface area (Å²) in [6.45, 7) is 2.62. The number of aryl methyl sites for hydroxylation is 1. The Morgan fingerprint density at radius 2 is 1.92 bits per heavy atom. The first kappa shape index (κ1) is 20.1. The molecule has 2 rings (SSSR count). The zero-order chi connectivity index (χ0) is 16.8. The van der Waals surface area contributed by atoms with Gasteiger partial charge in [0.25, 0.3) is 0 Å². The van der Waals surface area contributed by atoms with E-state index in [-0.39, 0.29) is 24.0 Å². The minimum absolute atomic E-state index is 0. The molecular formula is C18H25IN4O. The van der Waals surface area contributed by atoms with E-state index in [0.29, 0.717) is 12.5 Å². The first-order chi connectivity index (χ1) is 11.0. The van der Waals surface area contributed by atoms with E-state index in [1.807, 2.05) is 38.4 Å². The van der Waals surface area contributed by atoms with Crippen molar-refractivity contribution >= 4 is 41.3 Å². The van der Waals surface area contributed by atoms with Crippen molar-refractivity contribution in [2.45, 2.75) is 13.5 Å². The molecule has 130 valence electrons. The highest BCUT2D eigenvalue weighted by molar-refractivity contribution is 14.0. The smallest absolute Gasteiger partial charge is 0.193 e. The molecule has 2 aromatic rings. The minimum atomic E-state index is 0. The molecule has 3 N–H and O–H groups in total. The van der Waals surface area contributed by atoms with Crippen LogP contribution in [0.1, 0.15) is 11.1 Å². The first-order valence-electron chi connectivity index (χ1n) is 7.48. The number of aliphatic imine (C=N–C) groups is 1. The minimum Gasteiger partial charge on any atom is -0.495 e. The number of methoxy groups -OCH3 is 1. The van der Waals surface area contributed by atoms with E-state index in [2.05, 4.69) is 40.3 Å². The highest BCUT2D eigenvalue weighted by Crippen LogP contribution is 2.23. The Balaban J connectivity index is 0.00000288. The quantitative estimate of drug-likeness (QED) is 0.424. The fourth-order valence-corrected chi connectivity index (χ4v) is 2.23. The molecule has 0 spiro atoms. The molecular weight excluding hydrogens is 415 g/mol. The largest absolute Gasteiger partial charge is 0.495 e. The number of anilines is 2. The Morgan fingerprint density at radius 1 is 1.21 bits per heavy atom. The fraction of sp³-hybridized carbons (Fsp3) is 0.278. The van der Waals surface area contributed by atoms with Crippen molar-refractivity contribution in [3.63, 3.8) is 0 Å². The third-order valence-corrected chi connectivity index (χ3v) is 3.63. The maximum absolute atomic E-state index is 5.98. The number of ether oxygens (including phenoxy) is 1. The first-order valence-corrected chi connectivity index (χ1v) is 7.48. The number of benzene rings is 2. The number of nitrogens with two attached hydrogens (primary N) is 1. The normalized spacial score (nSPS) is 10.8. The predicted molar refractivity (Wildman–Crippen MR) is 113 cm³/mol. The molecule has 0 aliphatic heterocycles. The summed E-state index contributed by atoms with van der Waals surface area (Å²) in [5.41, 5.74) is 10.3. The summed E-state index contributed by atoms with van der Waals surface area (Å²) in [4.78, 5) is 6.50. The maximum Gasteiger partial charge on any atom is 0.193 e. The Labute approximate surface area is 160 Å². The zero-order valence-corrected chi connectivity index (χ0v) is 16.9. The highest BCUT2D eigenvalue weighted by atomic mass is 127. The summed E-state index contributed by atoms with van der Waals surface area (Å²) in [6.07, 6.45) is 0. The average molecular weight is 440 g/mol. The van der Waals surface area contributed by atoms with Gasteiger partial charge in [0.2, 0.25) is 0 Å². The molecule has 0 unspecified atom stereocenters. The van der Waals surface area contributed by atoms with E-state index < -0.39 is 0 Å². The van der Waals surface area contributed by atoms with Crippen molar-refractivity contribution < 1.29 is 4.74 Å². The Hall–Kier alpha value is -1.96. The van der Waals surface area contributed by atoms with E-state index in [9.17, 15) is 0 Å². The van der Waals surface area contributed by atoms with Crippen molar-refractivity contribution in [3.05, 3.63) is 53.6 Å². The van der Waals surface area contributed by atoms with E-state index >= 15 is 0 Å². The van der Waals surface area contributed by atoms with Gasteiger partial charge in [-0.1, -0.05) is 18.2 Å². The molecule has 0 aromatic heterocycles. The number of para-hydroxylation sites is 2. The zero-order valence-electron chi connectivity index (χ0n) is 14.5. The molecule has 6 heteroatoms. The van der Waals surface area contributed by atoms with Gasteiger partial charge in [0, 0.05) is 19.8 Å². The number of hydrogen-bond acceptors (Lipinski definition) is 3. The lowest BCUT2D eigenvalue weighted by atomic mass is 10.1. The monoisotopic (exact) mass is 440 g/mol. The van der Waals surface area contributed by atoms with Crippen molar-refractivity contribution in [1.82, 2.24) is 0 Å². The van der Waals surface area contributed by atoms with Crippen molar-refractivity contribution in [2.75, 3.05) is 31.4 Å². The standard InChI is InChI=1S/C18H24N4O.HI/c1-13-11-15(22(2)3)10-9-14(13)12-20-18(19)21-16-7-5-6-8-17(16)23-4;/h5-11H,12H2,1-4H3,(H3,19,20,21);1H. The average Bonchev–Trinajstić information content (AvgIpc) is 2.54. The molecule has 5 nitrogen and oxygen atoms in total. The molecule has 0 radical (unpaired) electrons. The third-order valence-electron chi connectivity index (χ3n) is 3.63. The summed E-state index contributed by atoms with van der Waals surface area (Å²) in [6, 6.07) is 13.9. The van der Waals surface area contributed by atoms with Crippen molar-refractivity contribution in [1.29, 1.82) is 0 Å². The molecule has 0 amide bonds. The van der Waals surface area contributed by atoms with Gasteiger partial charge in [-0.05, 0) is 42.3 Å². The van der Waals surface area contributed by atoms with Crippen LogP contribution in [0.5, 0.6) is 5.75 Å².